The third kappa shape index (κ3) is 5.88. The number of benzene rings is 3. The Morgan fingerprint density at radius 1 is 0.909 bits per heavy atom. The van der Waals surface area contributed by atoms with E-state index in [1.165, 1.54) is 7.11 Å². The number of carbonyl (C=O) groups excluding carboxylic acids is 2. The second kappa shape index (κ2) is 12.8. The number of hydrogen-bond acceptors (Lipinski definition) is 6. The fraction of sp³-hybridized carbons (Fsp3) is 0.118. The van der Waals surface area contributed by atoms with E-state index in [0.717, 1.165) is 17.1 Å². The number of carbonyl (C=O) groups is 2. The SMILES string of the molecule is COC(=O)c1ccccc1-n1cccc1[C@H]1[C@H](c2ccccn2)NC(=S)N1c1ccc(NC(=O)COc2ccccc2)cc1. The van der Waals surface area contributed by atoms with Crippen molar-refractivity contribution in [1.82, 2.24) is 14.9 Å². The summed E-state index contributed by atoms with van der Waals surface area (Å²) in [6.45, 7) is -0.107. The van der Waals surface area contributed by atoms with Crippen LogP contribution in [0.2, 0.25) is 0 Å². The number of rotatable bonds is 9. The maximum absolute atomic E-state index is 12.7. The molecule has 0 bridgehead atoms. The van der Waals surface area contributed by atoms with Gasteiger partial charge in [-0.1, -0.05) is 36.4 Å². The van der Waals surface area contributed by atoms with Crippen molar-refractivity contribution in [3.8, 4) is 11.4 Å². The fourth-order valence-electron chi connectivity index (χ4n) is 5.32. The molecular weight excluding hydrogens is 574 g/mol. The highest BCUT2D eigenvalue weighted by Crippen LogP contribution is 2.42. The number of esters is 1. The summed E-state index contributed by atoms with van der Waals surface area (Å²) in [7, 11) is 1.37. The minimum Gasteiger partial charge on any atom is -0.484 e. The van der Waals surface area contributed by atoms with Gasteiger partial charge in [-0.15, -0.1) is 0 Å². The van der Waals surface area contributed by atoms with Crippen LogP contribution in [0.1, 0.15) is 33.8 Å². The molecule has 44 heavy (non-hydrogen) atoms. The van der Waals surface area contributed by atoms with E-state index in [9.17, 15) is 9.59 Å². The summed E-state index contributed by atoms with van der Waals surface area (Å²) in [6, 6.07) is 33.1. The van der Waals surface area contributed by atoms with Crippen LogP contribution in [0.15, 0.2) is 122 Å². The summed E-state index contributed by atoms with van der Waals surface area (Å²) < 4.78 is 12.6. The van der Waals surface area contributed by atoms with Crippen molar-refractivity contribution in [1.29, 1.82) is 0 Å². The largest absolute Gasteiger partial charge is 0.484 e. The van der Waals surface area contributed by atoms with Crippen LogP contribution in [0.5, 0.6) is 5.75 Å². The van der Waals surface area contributed by atoms with Crippen LogP contribution in [0, 0.1) is 0 Å². The highest BCUT2D eigenvalue weighted by molar-refractivity contribution is 7.80. The first-order valence-electron chi connectivity index (χ1n) is 14.0. The highest BCUT2D eigenvalue weighted by atomic mass is 32.1. The quantitative estimate of drug-likeness (QED) is 0.160. The Morgan fingerprint density at radius 3 is 2.41 bits per heavy atom. The molecule has 220 valence electrons. The predicted octanol–water partition coefficient (Wildman–Crippen LogP) is 5.85. The van der Waals surface area contributed by atoms with Crippen LogP contribution < -0.4 is 20.3 Å². The molecule has 1 saturated heterocycles. The smallest absolute Gasteiger partial charge is 0.339 e. The lowest BCUT2D eigenvalue weighted by Gasteiger charge is -2.29. The number of anilines is 2. The average molecular weight is 604 g/mol. The van der Waals surface area contributed by atoms with Crippen molar-refractivity contribution in [2.45, 2.75) is 12.1 Å². The summed E-state index contributed by atoms with van der Waals surface area (Å²) in [5, 5.41) is 6.87. The molecule has 1 aliphatic rings. The van der Waals surface area contributed by atoms with Crippen molar-refractivity contribution >= 4 is 40.6 Å². The molecule has 3 heterocycles. The van der Waals surface area contributed by atoms with Gasteiger partial charge in [0.2, 0.25) is 0 Å². The molecule has 2 atom stereocenters. The molecule has 1 amide bonds. The van der Waals surface area contributed by atoms with Gasteiger partial charge in [0.1, 0.15) is 11.8 Å². The van der Waals surface area contributed by atoms with Crippen molar-refractivity contribution in [2.24, 2.45) is 0 Å². The zero-order valence-corrected chi connectivity index (χ0v) is 24.6. The predicted molar refractivity (Wildman–Crippen MR) is 172 cm³/mol. The van der Waals surface area contributed by atoms with E-state index in [1.807, 2.05) is 107 Å². The van der Waals surface area contributed by atoms with E-state index in [2.05, 4.69) is 15.6 Å². The number of nitrogens with one attached hydrogen (secondary N) is 2. The standard InChI is InChI=1S/C34H29N5O4S/c1-42-33(41)26-12-5-6-14-28(26)38-21-9-15-29(38)32-31(27-13-7-8-20-35-27)37-34(44)39(32)24-18-16-23(17-19-24)36-30(40)22-43-25-10-3-2-4-11-25/h2-21,31-32H,22H2,1H3,(H,36,40)(H,37,44)/t31-,32-/m0/s1. The molecule has 6 rings (SSSR count). The molecule has 9 nitrogen and oxygen atoms in total. The molecule has 0 saturated carbocycles. The molecule has 2 aromatic heterocycles. The van der Waals surface area contributed by atoms with Crippen molar-refractivity contribution < 1.29 is 19.1 Å². The lowest BCUT2D eigenvalue weighted by Crippen LogP contribution is -2.30. The van der Waals surface area contributed by atoms with Crippen LogP contribution in [0.3, 0.4) is 0 Å². The summed E-state index contributed by atoms with van der Waals surface area (Å²) in [4.78, 5) is 31.9. The van der Waals surface area contributed by atoms with Gasteiger partial charge in [-0.25, -0.2) is 4.79 Å². The van der Waals surface area contributed by atoms with Crippen molar-refractivity contribution in [3.63, 3.8) is 0 Å². The summed E-state index contributed by atoms with van der Waals surface area (Å²) in [5.41, 5.74) is 4.28. The minimum atomic E-state index is -0.426. The molecule has 0 spiro atoms. The first kappa shape index (κ1) is 28.6. The number of amides is 1. The third-order valence-corrected chi connectivity index (χ3v) is 7.61. The number of ether oxygens (including phenoxy) is 2. The molecule has 5 aromatic rings. The molecule has 1 fully saturated rings. The molecule has 0 aliphatic carbocycles. The second-order valence-corrected chi connectivity index (χ2v) is 10.4. The first-order valence-corrected chi connectivity index (χ1v) is 14.4. The number of para-hydroxylation sites is 2. The third-order valence-electron chi connectivity index (χ3n) is 7.29. The molecule has 10 heteroatoms. The highest BCUT2D eigenvalue weighted by Gasteiger charge is 2.42. The molecule has 0 unspecified atom stereocenters. The maximum Gasteiger partial charge on any atom is 0.339 e. The van der Waals surface area contributed by atoms with Gasteiger partial charge in [-0.3, -0.25) is 9.78 Å². The van der Waals surface area contributed by atoms with Crippen LogP contribution in [0.25, 0.3) is 5.69 Å². The van der Waals surface area contributed by atoms with Gasteiger partial charge in [0.05, 0.1) is 30.1 Å². The molecular formula is C34H29N5O4S. The van der Waals surface area contributed by atoms with Crippen molar-refractivity contribution in [2.75, 3.05) is 23.9 Å². The van der Waals surface area contributed by atoms with Gasteiger partial charge < -0.3 is 29.6 Å². The van der Waals surface area contributed by atoms with Gasteiger partial charge >= 0.3 is 5.97 Å². The van der Waals surface area contributed by atoms with Crippen LogP contribution in [0.4, 0.5) is 11.4 Å². The van der Waals surface area contributed by atoms with E-state index in [0.29, 0.717) is 27.8 Å². The van der Waals surface area contributed by atoms with E-state index in [1.54, 1.807) is 24.4 Å². The van der Waals surface area contributed by atoms with Crippen molar-refractivity contribution in [3.05, 3.63) is 139 Å². The first-order chi connectivity index (χ1) is 21.5. The number of nitrogens with zero attached hydrogens (tertiary/aromatic N) is 3. The fourth-order valence-corrected chi connectivity index (χ4v) is 5.67. The Hall–Kier alpha value is -5.48. The van der Waals surface area contributed by atoms with E-state index in [4.69, 9.17) is 21.7 Å². The van der Waals surface area contributed by atoms with Crippen LogP contribution >= 0.6 is 12.2 Å². The van der Waals surface area contributed by atoms with Gasteiger partial charge in [0.15, 0.2) is 11.7 Å². The average Bonchev–Trinajstić information content (AvgIpc) is 3.69. The number of aromatic nitrogens is 2. The topological polar surface area (TPSA) is 97.7 Å². The van der Waals surface area contributed by atoms with Crippen LogP contribution in [-0.2, 0) is 9.53 Å². The van der Waals surface area contributed by atoms with Crippen LogP contribution in [-0.4, -0.2) is 40.3 Å². The minimum absolute atomic E-state index is 0.107. The number of pyridine rings is 1. The normalized spacial score (nSPS) is 15.8. The number of methoxy groups -OCH3 is 1. The van der Waals surface area contributed by atoms with Gasteiger partial charge in [-0.2, -0.15) is 0 Å². The molecule has 2 N–H and O–H groups in total. The number of thiocarbonyl (C=S) groups is 1. The molecule has 3 aromatic carbocycles. The summed E-state index contributed by atoms with van der Waals surface area (Å²) in [6.07, 6.45) is 3.67. The van der Waals surface area contributed by atoms with E-state index >= 15 is 0 Å². The van der Waals surface area contributed by atoms with Gasteiger partial charge in [-0.05, 0) is 85.0 Å². The Kier molecular flexibility index (Phi) is 8.33. The van der Waals surface area contributed by atoms with Gasteiger partial charge in [0, 0.05) is 29.5 Å². The van der Waals surface area contributed by atoms with E-state index in [-0.39, 0.29) is 24.6 Å². The lowest BCUT2D eigenvalue weighted by molar-refractivity contribution is -0.118. The zero-order valence-electron chi connectivity index (χ0n) is 23.8. The summed E-state index contributed by atoms with van der Waals surface area (Å²) in [5.74, 6) is -0.0686. The number of hydrogen-bond donors (Lipinski definition) is 2. The van der Waals surface area contributed by atoms with Gasteiger partial charge in [0.25, 0.3) is 5.91 Å². The Labute approximate surface area is 260 Å². The zero-order chi connectivity index (χ0) is 30.5. The Balaban J connectivity index is 1.32. The summed E-state index contributed by atoms with van der Waals surface area (Å²) >= 11 is 5.90. The maximum atomic E-state index is 12.7. The Bertz CT molecular complexity index is 1780. The van der Waals surface area contributed by atoms with E-state index < -0.39 is 5.97 Å². The molecule has 0 radical (unpaired) electrons. The second-order valence-electron chi connectivity index (χ2n) is 10.0. The lowest BCUT2D eigenvalue weighted by atomic mass is 10.0. The monoisotopic (exact) mass is 603 g/mol. The Morgan fingerprint density at radius 2 is 1.66 bits per heavy atom. The molecule has 1 aliphatic heterocycles.